The fourth-order valence-electron chi connectivity index (χ4n) is 4.34. The first-order valence-corrected chi connectivity index (χ1v) is 12.1. The van der Waals surface area contributed by atoms with Crippen molar-refractivity contribution in [1.29, 1.82) is 0 Å². The number of amides is 2. The summed E-state index contributed by atoms with van der Waals surface area (Å²) in [6, 6.07) is 14.2. The maximum Gasteiger partial charge on any atom is 0.251 e. The molecule has 2 aromatic rings. The highest BCUT2D eigenvalue weighted by Gasteiger charge is 2.58. The summed E-state index contributed by atoms with van der Waals surface area (Å²) < 4.78 is 27.3. The number of rotatable bonds is 8. The van der Waals surface area contributed by atoms with Crippen LogP contribution in [0.4, 0.5) is 0 Å². The van der Waals surface area contributed by atoms with Crippen LogP contribution in [-0.2, 0) is 21.2 Å². The van der Waals surface area contributed by atoms with E-state index >= 15 is 0 Å². The van der Waals surface area contributed by atoms with E-state index in [1.165, 1.54) is 28.1 Å². The summed E-state index contributed by atoms with van der Waals surface area (Å²) in [5.41, 5.74) is 2.75. The second-order valence-electron chi connectivity index (χ2n) is 8.41. The summed E-state index contributed by atoms with van der Waals surface area (Å²) in [4.78, 5) is 24.0. The molecule has 0 bridgehead atoms. The van der Waals surface area contributed by atoms with E-state index in [1.807, 2.05) is 25.1 Å². The summed E-state index contributed by atoms with van der Waals surface area (Å²) in [6.07, 6.45) is 1.95. The van der Waals surface area contributed by atoms with Gasteiger partial charge in [-0.3, -0.25) is 9.59 Å². The first kappa shape index (κ1) is 22.2. The van der Waals surface area contributed by atoms with Gasteiger partial charge < -0.3 is 10.6 Å². The van der Waals surface area contributed by atoms with Crippen LogP contribution in [0.25, 0.3) is 0 Å². The van der Waals surface area contributed by atoms with E-state index in [-0.39, 0.29) is 34.6 Å². The van der Waals surface area contributed by atoms with Gasteiger partial charge in [0.15, 0.2) is 0 Å². The molecule has 0 radical (unpaired) electrons. The Kier molecular flexibility index (Phi) is 6.17. The molecule has 2 N–H and O–H groups in total. The molecule has 168 valence electrons. The van der Waals surface area contributed by atoms with E-state index in [1.54, 1.807) is 12.1 Å². The lowest BCUT2D eigenvalue weighted by Crippen LogP contribution is -2.37. The van der Waals surface area contributed by atoms with Crippen molar-refractivity contribution in [2.45, 2.75) is 24.3 Å². The van der Waals surface area contributed by atoms with E-state index in [4.69, 9.17) is 0 Å². The molecule has 0 aromatic heterocycles. The lowest BCUT2D eigenvalue weighted by atomic mass is 10.1. The van der Waals surface area contributed by atoms with E-state index in [2.05, 4.69) is 23.3 Å². The lowest BCUT2D eigenvalue weighted by Gasteiger charge is -2.20. The molecule has 1 saturated heterocycles. The molecule has 7 nitrogen and oxygen atoms in total. The summed E-state index contributed by atoms with van der Waals surface area (Å²) >= 11 is 0. The number of aryl methyl sites for hydroxylation is 1. The van der Waals surface area contributed by atoms with Gasteiger partial charge in [0.1, 0.15) is 0 Å². The van der Waals surface area contributed by atoms with Gasteiger partial charge >= 0.3 is 0 Å². The van der Waals surface area contributed by atoms with Crippen molar-refractivity contribution in [2.75, 3.05) is 19.6 Å². The first-order valence-electron chi connectivity index (χ1n) is 10.7. The standard InChI is InChI=1S/C24H27N3O4S/c1-3-22(28)26-23-20-14-27(15-21(20)23)32(30,31)19-9-7-18(8-10-19)24(29)25-12-11-17-6-4-5-16(2)13-17/h3-10,13,20-21,23H,1,11-12,14-15H2,2H3,(H,25,29)(H,26,28). The minimum Gasteiger partial charge on any atom is -0.352 e. The lowest BCUT2D eigenvalue weighted by molar-refractivity contribution is -0.116. The molecule has 2 aliphatic rings. The number of nitrogens with one attached hydrogen (secondary N) is 2. The zero-order chi connectivity index (χ0) is 22.9. The fraction of sp³-hybridized carbons (Fsp3) is 0.333. The molecular weight excluding hydrogens is 426 g/mol. The van der Waals surface area contributed by atoms with Crippen LogP contribution in [0.3, 0.4) is 0 Å². The molecule has 1 aliphatic carbocycles. The molecule has 2 unspecified atom stereocenters. The Morgan fingerprint density at radius 3 is 2.44 bits per heavy atom. The third-order valence-electron chi connectivity index (χ3n) is 6.19. The van der Waals surface area contributed by atoms with Crippen LogP contribution < -0.4 is 10.6 Å². The number of benzene rings is 2. The third-order valence-corrected chi connectivity index (χ3v) is 8.04. The molecule has 1 saturated carbocycles. The maximum atomic E-state index is 12.9. The van der Waals surface area contributed by atoms with Crippen molar-refractivity contribution in [2.24, 2.45) is 11.8 Å². The van der Waals surface area contributed by atoms with Gasteiger partial charge in [-0.15, -0.1) is 0 Å². The summed E-state index contributed by atoms with van der Waals surface area (Å²) in [6.45, 7) is 6.74. The zero-order valence-corrected chi connectivity index (χ0v) is 18.8. The van der Waals surface area contributed by atoms with Crippen molar-refractivity contribution in [3.05, 3.63) is 77.9 Å². The number of hydrogen-bond donors (Lipinski definition) is 2. The number of sulfonamides is 1. The normalized spacial score (nSPS) is 22.1. The minimum atomic E-state index is -3.63. The smallest absolute Gasteiger partial charge is 0.251 e. The maximum absolute atomic E-state index is 12.9. The van der Waals surface area contributed by atoms with Crippen LogP contribution in [0.15, 0.2) is 66.1 Å². The number of piperidine rings is 1. The molecular formula is C24H27N3O4S. The molecule has 2 aromatic carbocycles. The molecule has 4 rings (SSSR count). The fourth-order valence-corrected chi connectivity index (χ4v) is 5.85. The number of nitrogens with zero attached hydrogens (tertiary/aromatic N) is 1. The molecule has 0 spiro atoms. The van der Waals surface area contributed by atoms with Crippen molar-refractivity contribution < 1.29 is 18.0 Å². The second-order valence-corrected chi connectivity index (χ2v) is 10.3. The molecule has 2 atom stereocenters. The average molecular weight is 454 g/mol. The molecule has 1 aliphatic heterocycles. The highest BCUT2D eigenvalue weighted by molar-refractivity contribution is 7.89. The van der Waals surface area contributed by atoms with Crippen molar-refractivity contribution in [3.63, 3.8) is 0 Å². The van der Waals surface area contributed by atoms with Crippen LogP contribution >= 0.6 is 0 Å². The summed E-state index contributed by atoms with van der Waals surface area (Å²) in [7, 11) is -3.63. The largest absolute Gasteiger partial charge is 0.352 e. The van der Waals surface area contributed by atoms with E-state index in [0.717, 1.165) is 12.0 Å². The molecule has 1 heterocycles. The van der Waals surface area contributed by atoms with Gasteiger partial charge in [-0.05, 0) is 61.1 Å². The Labute approximate surface area is 188 Å². The highest BCUT2D eigenvalue weighted by atomic mass is 32.2. The average Bonchev–Trinajstić information content (AvgIpc) is 3.19. The Morgan fingerprint density at radius 1 is 1.12 bits per heavy atom. The van der Waals surface area contributed by atoms with E-state index < -0.39 is 10.0 Å². The van der Waals surface area contributed by atoms with Gasteiger partial charge in [0, 0.05) is 31.2 Å². The van der Waals surface area contributed by atoms with Crippen LogP contribution in [-0.4, -0.2) is 50.2 Å². The molecule has 8 heteroatoms. The Morgan fingerprint density at radius 2 is 1.81 bits per heavy atom. The minimum absolute atomic E-state index is 0.0258. The Hall–Kier alpha value is -2.97. The van der Waals surface area contributed by atoms with Crippen molar-refractivity contribution >= 4 is 21.8 Å². The molecule has 2 fully saturated rings. The SMILES string of the molecule is C=CC(=O)NC1C2CN(S(=O)(=O)c3ccc(C(=O)NCCc4cccc(C)c4)cc3)CC21. The molecule has 32 heavy (non-hydrogen) atoms. The van der Waals surface area contributed by atoms with Gasteiger partial charge in [-0.25, -0.2) is 8.42 Å². The van der Waals surface area contributed by atoms with Gasteiger partial charge in [-0.1, -0.05) is 36.4 Å². The highest BCUT2D eigenvalue weighted by Crippen LogP contribution is 2.47. The predicted molar refractivity (Wildman–Crippen MR) is 122 cm³/mol. The van der Waals surface area contributed by atoms with Crippen molar-refractivity contribution in [1.82, 2.24) is 14.9 Å². The van der Waals surface area contributed by atoms with Crippen molar-refractivity contribution in [3.8, 4) is 0 Å². The number of hydrogen-bond acceptors (Lipinski definition) is 4. The summed E-state index contributed by atoms with van der Waals surface area (Å²) in [5, 5.41) is 5.72. The Bertz CT molecular complexity index is 1130. The summed E-state index contributed by atoms with van der Waals surface area (Å²) in [5.74, 6) is -0.171. The van der Waals surface area contributed by atoms with Crippen LogP contribution in [0.1, 0.15) is 21.5 Å². The van der Waals surface area contributed by atoms with E-state index in [9.17, 15) is 18.0 Å². The van der Waals surface area contributed by atoms with Gasteiger partial charge in [0.05, 0.1) is 4.90 Å². The number of fused-ring (bicyclic) bond motifs is 1. The Balaban J connectivity index is 1.31. The first-order chi connectivity index (χ1) is 15.3. The van der Waals surface area contributed by atoms with Crippen LogP contribution in [0.2, 0.25) is 0 Å². The van der Waals surface area contributed by atoms with Gasteiger partial charge in [0.25, 0.3) is 5.91 Å². The predicted octanol–water partition coefficient (Wildman–Crippen LogP) is 1.89. The van der Waals surface area contributed by atoms with Gasteiger partial charge in [-0.2, -0.15) is 4.31 Å². The van der Waals surface area contributed by atoms with Gasteiger partial charge in [0.2, 0.25) is 15.9 Å². The zero-order valence-electron chi connectivity index (χ0n) is 18.0. The van der Waals surface area contributed by atoms with E-state index in [0.29, 0.717) is 25.2 Å². The topological polar surface area (TPSA) is 95.6 Å². The van der Waals surface area contributed by atoms with Crippen LogP contribution in [0.5, 0.6) is 0 Å². The van der Waals surface area contributed by atoms with Crippen LogP contribution in [0, 0.1) is 18.8 Å². The number of carbonyl (C=O) groups is 2. The number of carbonyl (C=O) groups excluding carboxylic acids is 2. The third kappa shape index (κ3) is 4.61. The second kappa shape index (κ2) is 8.88. The monoisotopic (exact) mass is 453 g/mol. The molecule has 2 amide bonds. The quantitative estimate of drug-likeness (QED) is 0.597.